The number of sulfonamides is 2. The Bertz CT molecular complexity index is 785. The SMILES string of the molecule is CCCCCCCC(S(=O)(=O)NCCCCCCCCCC#N)S(=O)(=O)NCCCCCCCCCC#N. The Morgan fingerprint density at radius 1 is 0.526 bits per heavy atom. The van der Waals surface area contributed by atoms with Gasteiger partial charge in [-0.05, 0) is 32.1 Å². The average Bonchev–Trinajstić information content (AvgIpc) is 2.88. The van der Waals surface area contributed by atoms with Crippen molar-refractivity contribution in [2.75, 3.05) is 13.1 Å². The molecule has 0 heterocycles. The molecule has 0 atom stereocenters. The van der Waals surface area contributed by atoms with E-state index in [0.29, 0.717) is 32.1 Å². The molecule has 0 amide bonds. The fourth-order valence-corrected chi connectivity index (χ4v) is 8.36. The van der Waals surface area contributed by atoms with Crippen LogP contribution in [0.1, 0.15) is 148 Å². The van der Waals surface area contributed by atoms with E-state index in [9.17, 15) is 16.8 Å². The molecule has 38 heavy (non-hydrogen) atoms. The molecule has 8 nitrogen and oxygen atoms in total. The van der Waals surface area contributed by atoms with Crippen LogP contribution in [0, 0.1) is 22.7 Å². The number of nitrogens with zero attached hydrogens (tertiary/aromatic N) is 2. The quantitative estimate of drug-likeness (QED) is 0.0985. The third-order valence-electron chi connectivity index (χ3n) is 6.77. The van der Waals surface area contributed by atoms with Crippen molar-refractivity contribution >= 4 is 20.0 Å². The topological polar surface area (TPSA) is 140 Å². The van der Waals surface area contributed by atoms with Gasteiger partial charge in [-0.2, -0.15) is 10.5 Å². The van der Waals surface area contributed by atoms with E-state index < -0.39 is 24.6 Å². The second kappa shape index (κ2) is 24.8. The first-order chi connectivity index (χ1) is 18.3. The Hall–Kier alpha value is -1.20. The Balaban J connectivity index is 4.56. The lowest BCUT2D eigenvalue weighted by Crippen LogP contribution is -2.45. The second-order valence-corrected chi connectivity index (χ2v) is 14.5. The van der Waals surface area contributed by atoms with Crippen LogP contribution < -0.4 is 9.44 Å². The summed E-state index contributed by atoms with van der Waals surface area (Å²) in [5.41, 5.74) is 0. The molecule has 0 aliphatic rings. The molecule has 0 unspecified atom stereocenters. The van der Waals surface area contributed by atoms with Gasteiger partial charge < -0.3 is 0 Å². The smallest absolute Gasteiger partial charge is 0.214 e. The van der Waals surface area contributed by atoms with Crippen LogP contribution in [-0.4, -0.2) is 34.5 Å². The molecule has 0 aromatic carbocycles. The Morgan fingerprint density at radius 3 is 1.26 bits per heavy atom. The van der Waals surface area contributed by atoms with Gasteiger partial charge in [-0.3, -0.25) is 0 Å². The highest BCUT2D eigenvalue weighted by Crippen LogP contribution is 2.18. The Labute approximate surface area is 234 Å². The molecule has 0 aliphatic heterocycles. The summed E-state index contributed by atoms with van der Waals surface area (Å²) < 4.78 is 55.8. The molecule has 0 radical (unpaired) electrons. The zero-order valence-electron chi connectivity index (χ0n) is 23.9. The number of nitrogens with one attached hydrogen (secondary N) is 2. The number of hydrogen-bond donors (Lipinski definition) is 2. The standard InChI is InChI=1S/C28H54N4O4S2/c1-2-3-4-13-18-23-28(37(33,34)31-26-21-16-11-7-5-9-14-19-24-29)38(35,36)32-27-22-17-12-8-6-10-15-20-25-30/h28,31-32H,2-23,26-27H2,1H3. The highest BCUT2D eigenvalue weighted by Gasteiger charge is 2.36. The zero-order chi connectivity index (χ0) is 28.4. The molecule has 0 saturated carbocycles. The molecule has 0 spiro atoms. The van der Waals surface area contributed by atoms with Gasteiger partial charge in [-0.25, -0.2) is 26.3 Å². The van der Waals surface area contributed by atoms with Crippen LogP contribution in [0.25, 0.3) is 0 Å². The monoisotopic (exact) mass is 574 g/mol. The predicted molar refractivity (Wildman–Crippen MR) is 156 cm³/mol. The minimum absolute atomic E-state index is 0.111. The molecule has 0 saturated heterocycles. The zero-order valence-corrected chi connectivity index (χ0v) is 25.5. The number of rotatable bonds is 28. The second-order valence-electron chi connectivity index (χ2n) is 10.3. The van der Waals surface area contributed by atoms with Gasteiger partial charge in [-0.1, -0.05) is 103 Å². The van der Waals surface area contributed by atoms with Gasteiger partial charge in [0.25, 0.3) is 0 Å². The minimum atomic E-state index is -4.00. The van der Waals surface area contributed by atoms with Crippen molar-refractivity contribution in [2.45, 2.75) is 153 Å². The van der Waals surface area contributed by atoms with E-state index in [1.807, 2.05) is 0 Å². The predicted octanol–water partition coefficient (Wildman–Crippen LogP) is 6.80. The average molecular weight is 575 g/mol. The maximum Gasteiger partial charge on any atom is 0.230 e. The normalized spacial score (nSPS) is 12.0. The van der Waals surface area contributed by atoms with Crippen LogP contribution in [0.4, 0.5) is 0 Å². The fraction of sp³-hybridized carbons (Fsp3) is 0.929. The van der Waals surface area contributed by atoms with E-state index in [2.05, 4.69) is 28.5 Å². The Morgan fingerprint density at radius 2 is 0.868 bits per heavy atom. The largest absolute Gasteiger partial charge is 0.230 e. The molecule has 0 rings (SSSR count). The lowest BCUT2D eigenvalue weighted by Gasteiger charge is -2.19. The van der Waals surface area contributed by atoms with Gasteiger partial charge in [0.1, 0.15) is 0 Å². The molecule has 0 aromatic rings. The molecule has 0 aliphatic carbocycles. The fourth-order valence-electron chi connectivity index (χ4n) is 4.43. The van der Waals surface area contributed by atoms with Crippen LogP contribution >= 0.6 is 0 Å². The van der Waals surface area contributed by atoms with Crippen molar-refractivity contribution in [1.82, 2.24) is 9.44 Å². The van der Waals surface area contributed by atoms with Crippen molar-refractivity contribution in [2.24, 2.45) is 0 Å². The molecular formula is C28H54N4O4S2. The summed E-state index contributed by atoms with van der Waals surface area (Å²) in [6.07, 6.45) is 19.3. The van der Waals surface area contributed by atoms with Crippen molar-refractivity contribution in [3.8, 4) is 12.1 Å². The van der Waals surface area contributed by atoms with Crippen molar-refractivity contribution < 1.29 is 16.8 Å². The summed E-state index contributed by atoms with van der Waals surface area (Å²) in [4.78, 5) is 0. The van der Waals surface area contributed by atoms with Crippen LogP contribution in [-0.2, 0) is 20.0 Å². The van der Waals surface area contributed by atoms with Crippen molar-refractivity contribution in [1.29, 1.82) is 10.5 Å². The highest BCUT2D eigenvalue weighted by molar-refractivity contribution is 8.07. The summed E-state index contributed by atoms with van der Waals surface area (Å²) in [6, 6.07) is 4.30. The van der Waals surface area contributed by atoms with Crippen LogP contribution in [0.2, 0.25) is 0 Å². The Kier molecular flexibility index (Phi) is 24.0. The first-order valence-electron chi connectivity index (χ1n) is 15.0. The van der Waals surface area contributed by atoms with E-state index >= 15 is 0 Å². The highest BCUT2D eigenvalue weighted by atomic mass is 32.3. The van der Waals surface area contributed by atoms with Gasteiger partial charge in [0.05, 0.1) is 12.1 Å². The lowest BCUT2D eigenvalue weighted by molar-refractivity contribution is 0.533. The van der Waals surface area contributed by atoms with E-state index in [-0.39, 0.29) is 19.5 Å². The van der Waals surface area contributed by atoms with E-state index in [1.165, 1.54) is 0 Å². The summed E-state index contributed by atoms with van der Waals surface area (Å²) >= 11 is 0. The summed E-state index contributed by atoms with van der Waals surface area (Å²) in [7, 11) is -7.99. The number of nitriles is 2. The molecule has 222 valence electrons. The van der Waals surface area contributed by atoms with E-state index in [0.717, 1.165) is 103 Å². The molecule has 2 N–H and O–H groups in total. The van der Waals surface area contributed by atoms with E-state index in [4.69, 9.17) is 10.5 Å². The van der Waals surface area contributed by atoms with Crippen molar-refractivity contribution in [3.63, 3.8) is 0 Å². The molecule has 0 fully saturated rings. The lowest BCUT2D eigenvalue weighted by atomic mass is 10.1. The maximum absolute atomic E-state index is 13.0. The summed E-state index contributed by atoms with van der Waals surface area (Å²) in [6.45, 7) is 2.62. The van der Waals surface area contributed by atoms with Gasteiger partial charge in [0.15, 0.2) is 4.58 Å². The third kappa shape index (κ3) is 20.7. The molecule has 0 aromatic heterocycles. The number of hydrogen-bond acceptors (Lipinski definition) is 6. The maximum atomic E-state index is 13.0. The number of unbranched alkanes of at least 4 members (excludes halogenated alkanes) is 18. The first kappa shape index (κ1) is 36.8. The van der Waals surface area contributed by atoms with Gasteiger partial charge in [0, 0.05) is 25.9 Å². The van der Waals surface area contributed by atoms with Gasteiger partial charge in [-0.15, -0.1) is 0 Å². The van der Waals surface area contributed by atoms with Crippen LogP contribution in [0.5, 0.6) is 0 Å². The van der Waals surface area contributed by atoms with Crippen LogP contribution in [0.15, 0.2) is 0 Å². The van der Waals surface area contributed by atoms with Crippen LogP contribution in [0.3, 0.4) is 0 Å². The first-order valence-corrected chi connectivity index (χ1v) is 18.1. The summed E-state index contributed by atoms with van der Waals surface area (Å²) in [5, 5.41) is 17.1. The summed E-state index contributed by atoms with van der Waals surface area (Å²) in [5.74, 6) is 0. The minimum Gasteiger partial charge on any atom is -0.214 e. The van der Waals surface area contributed by atoms with E-state index in [1.54, 1.807) is 0 Å². The van der Waals surface area contributed by atoms with Gasteiger partial charge >= 0.3 is 0 Å². The molecule has 0 bridgehead atoms. The molecular weight excluding hydrogens is 520 g/mol. The van der Waals surface area contributed by atoms with Crippen molar-refractivity contribution in [3.05, 3.63) is 0 Å². The third-order valence-corrected chi connectivity index (χ3v) is 11.4. The molecule has 10 heteroatoms. The van der Waals surface area contributed by atoms with Gasteiger partial charge in [0.2, 0.25) is 20.0 Å².